The van der Waals surface area contributed by atoms with E-state index in [1.807, 2.05) is 30.3 Å². The van der Waals surface area contributed by atoms with Gasteiger partial charge in [0.25, 0.3) is 0 Å². The molecule has 0 unspecified atom stereocenters. The topological polar surface area (TPSA) is 43.4 Å². The Morgan fingerprint density at radius 1 is 1.24 bits per heavy atom. The predicted molar refractivity (Wildman–Crippen MR) is 79.3 cm³/mol. The van der Waals surface area contributed by atoms with Crippen molar-refractivity contribution in [2.75, 3.05) is 6.61 Å². The molecular weight excluding hydrogens is 270 g/mol. The van der Waals surface area contributed by atoms with Crippen LogP contribution in [-0.2, 0) is 9.53 Å². The maximum absolute atomic E-state index is 12.8. The Labute approximate surface area is 123 Å². The number of esters is 1. The molecule has 0 N–H and O–H groups in total. The van der Waals surface area contributed by atoms with Crippen LogP contribution in [0.1, 0.15) is 16.8 Å². The van der Waals surface area contributed by atoms with Gasteiger partial charge in [-0.3, -0.25) is 0 Å². The van der Waals surface area contributed by atoms with Crippen molar-refractivity contribution in [1.29, 1.82) is 0 Å². The zero-order chi connectivity index (χ0) is 15.2. The molecule has 0 aromatic heterocycles. The average Bonchev–Trinajstić information content (AvgIpc) is 2.51. The third-order valence-electron chi connectivity index (χ3n) is 3.09. The van der Waals surface area contributed by atoms with Crippen molar-refractivity contribution in [1.82, 2.24) is 0 Å². The number of alkyl halides is 1. The molecule has 106 valence electrons. The lowest BCUT2D eigenvalue weighted by Crippen LogP contribution is -2.15. The molecule has 2 aromatic rings. The second-order valence-electron chi connectivity index (χ2n) is 4.81. The Hall–Kier alpha value is -2.17. The van der Waals surface area contributed by atoms with Crippen LogP contribution in [-0.4, -0.2) is 32.9 Å². The molecule has 0 heterocycles. The molecule has 0 spiro atoms. The third kappa shape index (κ3) is 4.15. The van der Waals surface area contributed by atoms with E-state index in [0.717, 1.165) is 10.8 Å². The summed E-state index contributed by atoms with van der Waals surface area (Å²) in [6, 6.07) is 12.9. The van der Waals surface area contributed by atoms with Crippen LogP contribution in [0.2, 0.25) is 5.82 Å². The second kappa shape index (κ2) is 7.02. The molecule has 21 heavy (non-hydrogen) atoms. The van der Waals surface area contributed by atoms with Crippen molar-refractivity contribution in [3.8, 4) is 0 Å². The Kier molecular flexibility index (Phi) is 5.09. The first kappa shape index (κ1) is 15.2. The molecule has 0 bridgehead atoms. The maximum Gasteiger partial charge on any atom is 0.338 e. The zero-order valence-corrected chi connectivity index (χ0v) is 11.4. The lowest BCUT2D eigenvalue weighted by molar-refractivity contribution is -0.112. The Balaban J connectivity index is 1.97. The highest BCUT2D eigenvalue weighted by molar-refractivity contribution is 6.12. The predicted octanol–water partition coefficient (Wildman–Crippen LogP) is 2.88. The summed E-state index contributed by atoms with van der Waals surface area (Å²) < 4.78 is 17.9. The van der Waals surface area contributed by atoms with E-state index in [0.29, 0.717) is 5.56 Å². The van der Waals surface area contributed by atoms with Gasteiger partial charge in [-0.1, -0.05) is 30.3 Å². The van der Waals surface area contributed by atoms with Crippen LogP contribution in [0, 0.1) is 0 Å². The van der Waals surface area contributed by atoms with E-state index in [1.54, 1.807) is 12.1 Å². The largest absolute Gasteiger partial charge is 0.463 e. The van der Waals surface area contributed by atoms with Gasteiger partial charge >= 0.3 is 5.97 Å². The minimum absolute atomic E-state index is 0.125. The van der Waals surface area contributed by atoms with Gasteiger partial charge in [-0.2, -0.15) is 0 Å². The number of aldehydes is 1. The molecule has 0 saturated heterocycles. The average molecular weight is 284 g/mol. The van der Waals surface area contributed by atoms with E-state index in [2.05, 4.69) is 0 Å². The number of fused-ring (bicyclic) bond motifs is 1. The number of ether oxygens (including phenoxy) is 1. The van der Waals surface area contributed by atoms with E-state index < -0.39 is 18.0 Å². The fourth-order valence-corrected chi connectivity index (χ4v) is 2.00. The van der Waals surface area contributed by atoms with Gasteiger partial charge in [-0.05, 0) is 35.1 Å². The lowest BCUT2D eigenvalue weighted by atomic mass is 9.84. The molecule has 2 atom stereocenters. The van der Waals surface area contributed by atoms with Gasteiger partial charge in [0.15, 0.2) is 12.5 Å². The third-order valence-corrected chi connectivity index (χ3v) is 3.09. The maximum atomic E-state index is 12.8. The SMILES string of the molecule is [B][C@@H](COC(=O)c1ccc2ccccc2c1)C[C@H](F)C=O. The van der Waals surface area contributed by atoms with Crippen LogP contribution in [0.3, 0.4) is 0 Å². The molecule has 0 aliphatic heterocycles. The summed E-state index contributed by atoms with van der Waals surface area (Å²) in [4.78, 5) is 22.1. The number of carbonyl (C=O) groups excluding carboxylic acids is 2. The standard InChI is InChI=1S/C16H14BFO3/c17-14(8-15(18)9-19)10-21-16(20)13-6-5-11-3-1-2-4-12(11)7-13/h1-7,9,14-15H,8,10H2/t14-,15+/m1/s1. The first-order valence-corrected chi connectivity index (χ1v) is 6.61. The van der Waals surface area contributed by atoms with Crippen LogP contribution in [0.4, 0.5) is 4.39 Å². The summed E-state index contributed by atoms with van der Waals surface area (Å²) in [6.07, 6.45) is -1.60. The fraction of sp³-hybridized carbons (Fsp3) is 0.250. The van der Waals surface area contributed by atoms with Gasteiger partial charge in [-0.15, -0.1) is 0 Å². The van der Waals surface area contributed by atoms with Crippen molar-refractivity contribution in [2.24, 2.45) is 0 Å². The molecule has 0 fully saturated rings. The smallest absolute Gasteiger partial charge is 0.338 e. The van der Waals surface area contributed by atoms with Gasteiger partial charge in [-0.25, -0.2) is 9.18 Å². The van der Waals surface area contributed by atoms with E-state index in [4.69, 9.17) is 12.6 Å². The summed E-state index contributed by atoms with van der Waals surface area (Å²) in [5.74, 6) is -1.22. The first-order valence-electron chi connectivity index (χ1n) is 6.61. The van der Waals surface area contributed by atoms with Gasteiger partial charge in [0, 0.05) is 0 Å². The monoisotopic (exact) mass is 284 g/mol. The van der Waals surface area contributed by atoms with Gasteiger partial charge in [0.2, 0.25) is 0 Å². The number of rotatable bonds is 6. The highest BCUT2D eigenvalue weighted by Crippen LogP contribution is 2.17. The molecule has 0 saturated carbocycles. The minimum Gasteiger partial charge on any atom is -0.463 e. The van der Waals surface area contributed by atoms with Crippen molar-refractivity contribution < 1.29 is 18.7 Å². The molecular formula is C16H14BFO3. The van der Waals surface area contributed by atoms with E-state index in [9.17, 15) is 14.0 Å². The lowest BCUT2D eigenvalue weighted by Gasteiger charge is -2.12. The summed E-state index contributed by atoms with van der Waals surface area (Å²) in [5, 5.41) is 1.96. The molecule has 2 rings (SSSR count). The van der Waals surface area contributed by atoms with E-state index in [1.165, 1.54) is 0 Å². The van der Waals surface area contributed by atoms with Crippen LogP contribution in [0.5, 0.6) is 0 Å². The van der Waals surface area contributed by atoms with Crippen LogP contribution in [0.15, 0.2) is 42.5 Å². The molecule has 2 radical (unpaired) electrons. The van der Waals surface area contributed by atoms with Gasteiger partial charge < -0.3 is 9.53 Å². The van der Waals surface area contributed by atoms with Crippen molar-refractivity contribution in [2.45, 2.75) is 18.4 Å². The Bertz CT molecular complexity index is 644. The van der Waals surface area contributed by atoms with Gasteiger partial charge in [0.1, 0.15) is 0 Å². The van der Waals surface area contributed by atoms with Crippen molar-refractivity contribution >= 4 is 30.9 Å². The molecule has 3 nitrogen and oxygen atoms in total. The highest BCUT2D eigenvalue weighted by atomic mass is 19.1. The quantitative estimate of drug-likeness (QED) is 0.465. The van der Waals surface area contributed by atoms with Crippen molar-refractivity contribution in [3.63, 3.8) is 0 Å². The number of carbonyl (C=O) groups is 2. The first-order chi connectivity index (χ1) is 10.1. The van der Waals surface area contributed by atoms with Crippen molar-refractivity contribution in [3.05, 3.63) is 48.0 Å². The summed E-state index contributed by atoms with van der Waals surface area (Å²) in [7, 11) is 5.59. The van der Waals surface area contributed by atoms with E-state index in [-0.39, 0.29) is 19.3 Å². The molecule has 5 heteroatoms. The normalized spacial score (nSPS) is 13.6. The molecule has 0 aliphatic rings. The van der Waals surface area contributed by atoms with E-state index >= 15 is 0 Å². The second-order valence-corrected chi connectivity index (χ2v) is 4.81. The van der Waals surface area contributed by atoms with Crippen LogP contribution >= 0.6 is 0 Å². The number of benzene rings is 2. The molecule has 0 amide bonds. The Morgan fingerprint density at radius 2 is 1.95 bits per heavy atom. The summed E-state index contributed by atoms with van der Waals surface area (Å²) >= 11 is 0. The number of hydrogen-bond acceptors (Lipinski definition) is 3. The highest BCUT2D eigenvalue weighted by Gasteiger charge is 2.14. The summed E-state index contributed by atoms with van der Waals surface area (Å²) in [6.45, 7) is -0.125. The van der Waals surface area contributed by atoms with Crippen LogP contribution in [0.25, 0.3) is 10.8 Å². The number of halogens is 1. The zero-order valence-electron chi connectivity index (χ0n) is 11.4. The Morgan fingerprint density at radius 3 is 2.67 bits per heavy atom. The van der Waals surface area contributed by atoms with Gasteiger partial charge in [0.05, 0.1) is 20.0 Å². The minimum atomic E-state index is -1.63. The summed E-state index contributed by atoms with van der Waals surface area (Å²) in [5.41, 5.74) is 0.410. The molecule has 2 aromatic carbocycles. The van der Waals surface area contributed by atoms with Crippen LogP contribution < -0.4 is 0 Å². The molecule has 0 aliphatic carbocycles. The fourth-order valence-electron chi connectivity index (χ4n) is 2.00. The number of hydrogen-bond donors (Lipinski definition) is 0.